The van der Waals surface area contributed by atoms with Crippen LogP contribution in [0.1, 0.15) is 180 Å². The van der Waals surface area contributed by atoms with E-state index in [9.17, 15) is 19.6 Å². The molecule has 11 heterocycles. The Balaban J connectivity index is 0.000000142. The quantitative estimate of drug-likeness (QED) is 0.0478. The smallest absolute Gasteiger partial charge is 0.286 e. The molecule has 6 aliphatic rings. The minimum Gasteiger partial charge on any atom is -0.314 e. The van der Waals surface area contributed by atoms with Gasteiger partial charge in [-0.05, 0) is 218 Å². The Bertz CT molecular complexity index is 6070. The lowest BCUT2D eigenvalue weighted by Gasteiger charge is -2.28. The summed E-state index contributed by atoms with van der Waals surface area (Å²) in [5.74, 6) is 19.7. The lowest BCUT2D eigenvalue weighted by molar-refractivity contribution is 0.0735. The molecule has 0 bridgehead atoms. The van der Waals surface area contributed by atoms with Gasteiger partial charge in [0.25, 0.3) is 17.7 Å². The maximum absolute atomic E-state index is 13.9. The maximum atomic E-state index is 13.9. The van der Waals surface area contributed by atoms with Crippen LogP contribution in [0.15, 0.2) is 164 Å². The first-order valence-corrected chi connectivity index (χ1v) is 48.6. The number of aromatic nitrogens is 6. The number of piperidine rings is 3. The van der Waals surface area contributed by atoms with Gasteiger partial charge in [-0.25, -0.2) is 29.1 Å². The van der Waals surface area contributed by atoms with Gasteiger partial charge in [-0.15, -0.1) is 34.0 Å². The fraction of sp³-hybridized carbons (Fsp3) is 0.330. The van der Waals surface area contributed by atoms with E-state index in [0.29, 0.717) is 89.7 Å². The highest BCUT2D eigenvalue weighted by Gasteiger charge is 2.44. The van der Waals surface area contributed by atoms with E-state index >= 15 is 0 Å². The summed E-state index contributed by atoms with van der Waals surface area (Å²) in [7, 11) is 0. The first-order valence-electron chi connectivity index (χ1n) is 43.9. The van der Waals surface area contributed by atoms with E-state index < -0.39 is 5.54 Å². The third-order valence-corrected chi connectivity index (χ3v) is 28.2. The van der Waals surface area contributed by atoms with Gasteiger partial charge in [0.1, 0.15) is 5.54 Å². The van der Waals surface area contributed by atoms with Crippen molar-refractivity contribution in [3.05, 3.63) is 276 Å². The highest BCUT2D eigenvalue weighted by molar-refractivity contribution is 7.16. The standard InChI is InChI=1S/C34H35Cl2N5OS.C33H34Cl2N6OS.C33H30Cl2N6OS/c1-23-6-8-25(9-7-23)10-12-27-13-15-31(43-27)33-28(22-39-19-16-24(2)21-39)32(34(42)38-40-17-4-3-5-18-40)37-41(33)30-14-11-26(35)20-29(30)36;1-23-5-7-24(8-6-23)9-11-26-12-14-30(43-26)32-27(22-39-19-15-36-16-20-39)31(33(42)38-40-17-3-2-4-18-40)37-41(32)29-13-10-25(34)21-28(29)35;1-22-5-7-23(8-6-22)9-11-25-12-14-29(43-25)31-26(20-37-33(21-36)15-16-33)30(32(42)39-40-17-3-2-4-18-40)38-41(31)28-13-10-24(34)19-27(28)35/h6-9,11,13-15,20,24H,3-5,16-19,21-22H2,1-2H3,(H,38,42);5-8,10,12-14,21,36H,2-4,15-20,22H2,1H3,(H,38,42);5-8,10,12-14,19,37H,2-4,15-18,20H2,1H3,(H,39,42). The SMILES string of the molecule is Cc1ccc(C#Cc2ccc(-c3c(CN4CCC(C)C4)c(C(=O)NN4CCCCC4)nn3-c3ccc(Cl)cc3Cl)s2)cc1.Cc1ccc(C#Cc2ccc(-c3c(CN4CCNCC4)c(C(=O)NN4CCCCC4)nn3-c3ccc(Cl)cc3Cl)s2)cc1.Cc1ccc(C#Cc2ccc(-c3c(CNC4(C#N)CC4)c(C(=O)NN4CCCCC4)nn3-c3ccc(Cl)cc3Cl)s2)cc1. The van der Waals surface area contributed by atoms with Gasteiger partial charge >= 0.3 is 0 Å². The predicted molar refractivity (Wildman–Crippen MR) is 522 cm³/mol. The highest BCUT2D eigenvalue weighted by atomic mass is 35.5. The molecule has 18 rings (SSSR count). The molecule has 6 aromatic heterocycles. The number of nitrogens with zero attached hydrogens (tertiary/aromatic N) is 12. The van der Waals surface area contributed by atoms with Crippen molar-refractivity contribution in [2.75, 3.05) is 78.5 Å². The molecule has 3 amide bonds. The largest absolute Gasteiger partial charge is 0.314 e. The van der Waals surface area contributed by atoms with Crippen LogP contribution < -0.4 is 26.9 Å². The number of aryl methyl sites for hydroxylation is 3. The molecule has 5 saturated heterocycles. The lowest BCUT2D eigenvalue weighted by atomic mass is 10.1. The number of carbonyl (C=O) groups excluding carboxylic acids is 3. The van der Waals surface area contributed by atoms with Crippen molar-refractivity contribution < 1.29 is 14.4 Å². The van der Waals surface area contributed by atoms with Gasteiger partial charge in [0.2, 0.25) is 0 Å². The fourth-order valence-electron chi connectivity index (χ4n) is 16.3. The Hall–Kier alpha value is -9.91. The van der Waals surface area contributed by atoms with E-state index in [1.807, 2.05) is 116 Å². The van der Waals surface area contributed by atoms with Gasteiger partial charge in [-0.2, -0.15) is 20.6 Å². The molecule has 6 fully saturated rings. The molecule has 1 atom stereocenters. The van der Waals surface area contributed by atoms with E-state index in [1.165, 1.54) is 40.9 Å². The zero-order valence-electron chi connectivity index (χ0n) is 72.3. The molecule has 1 saturated carbocycles. The number of hydrogen-bond acceptors (Lipinski definition) is 17. The Kier molecular flexibility index (Phi) is 30.8. The number of benzene rings is 6. The molecule has 12 aromatic rings. The summed E-state index contributed by atoms with van der Waals surface area (Å²) < 4.78 is 5.35. The molecule has 20 nitrogen and oxygen atoms in total. The van der Waals surface area contributed by atoms with E-state index in [4.69, 9.17) is 84.9 Å². The lowest BCUT2D eigenvalue weighted by Crippen LogP contribution is -2.46. The van der Waals surface area contributed by atoms with E-state index in [1.54, 1.807) is 69.8 Å². The van der Waals surface area contributed by atoms with Crippen molar-refractivity contribution in [2.45, 2.75) is 130 Å². The molecule has 0 radical (unpaired) electrons. The van der Waals surface area contributed by atoms with Crippen LogP contribution in [-0.2, 0) is 19.6 Å². The summed E-state index contributed by atoms with van der Waals surface area (Å²) in [6.45, 7) is 20.5. The second kappa shape index (κ2) is 43.0. The fourth-order valence-corrected chi connectivity index (χ4v) is 20.5. The second-order valence-electron chi connectivity index (χ2n) is 33.6. The molecule has 5 aliphatic heterocycles. The number of thiophene rings is 3. The summed E-state index contributed by atoms with van der Waals surface area (Å²) in [6, 6.07) is 55.0. The van der Waals surface area contributed by atoms with Crippen molar-refractivity contribution in [3.63, 3.8) is 0 Å². The second-order valence-corrected chi connectivity index (χ2v) is 39.3. The molecule has 1 unspecified atom stereocenters. The topological polar surface area (TPSA) is 205 Å². The Morgan fingerprint density at radius 3 is 1.09 bits per heavy atom. The summed E-state index contributed by atoms with van der Waals surface area (Å²) in [6.07, 6.45) is 12.5. The zero-order valence-corrected chi connectivity index (χ0v) is 79.3. The Morgan fingerprint density at radius 1 is 0.426 bits per heavy atom. The predicted octanol–water partition coefficient (Wildman–Crippen LogP) is 20.6. The van der Waals surface area contributed by atoms with Crippen LogP contribution in [0, 0.1) is 73.5 Å². The van der Waals surface area contributed by atoms with Gasteiger partial charge in [0.15, 0.2) is 17.1 Å². The van der Waals surface area contributed by atoms with Crippen molar-refractivity contribution >= 4 is 121 Å². The Labute approximate surface area is 796 Å². The van der Waals surface area contributed by atoms with Crippen LogP contribution in [0.2, 0.25) is 30.1 Å². The molecule has 0 spiro atoms. The van der Waals surface area contributed by atoms with E-state index in [2.05, 4.69) is 135 Å². The molecule has 1 aliphatic carbocycles. The number of hydrazine groups is 3. The minimum atomic E-state index is -0.585. The molecular formula is C100H99Cl6N17O3S3. The number of nitrogens with one attached hydrogen (secondary N) is 5. The molecule has 129 heavy (non-hydrogen) atoms. The number of amides is 3. The van der Waals surface area contributed by atoms with Crippen LogP contribution in [0.5, 0.6) is 0 Å². The van der Waals surface area contributed by atoms with Gasteiger partial charge in [-0.3, -0.25) is 45.8 Å². The van der Waals surface area contributed by atoms with Crippen molar-refractivity contribution in [1.82, 2.24) is 81.1 Å². The first-order chi connectivity index (χ1) is 62.6. The number of carbonyl (C=O) groups is 3. The number of nitriles is 1. The minimum absolute atomic E-state index is 0.190. The van der Waals surface area contributed by atoms with Crippen LogP contribution in [0.3, 0.4) is 0 Å². The monoisotopic (exact) mass is 1890 g/mol. The molecule has 662 valence electrons. The van der Waals surface area contributed by atoms with Gasteiger partial charge in [0.05, 0.1) is 84.5 Å². The third kappa shape index (κ3) is 23.5. The first kappa shape index (κ1) is 92.4. The van der Waals surface area contributed by atoms with Gasteiger partial charge in [0, 0.05) is 140 Å². The van der Waals surface area contributed by atoms with Gasteiger partial charge in [-0.1, -0.05) is 184 Å². The summed E-state index contributed by atoms with van der Waals surface area (Å²) in [5, 5.41) is 40.3. The summed E-state index contributed by atoms with van der Waals surface area (Å²) in [5.41, 5.74) is 23.2. The number of halogens is 6. The van der Waals surface area contributed by atoms with Crippen molar-refractivity contribution in [2.24, 2.45) is 5.92 Å². The number of rotatable bonds is 19. The average Bonchev–Trinajstić information content (AvgIpc) is 1.61. The highest BCUT2D eigenvalue weighted by Crippen LogP contribution is 2.43. The zero-order chi connectivity index (χ0) is 89.7. The molecule has 5 N–H and O–H groups in total. The van der Waals surface area contributed by atoms with Crippen LogP contribution in [0.4, 0.5) is 0 Å². The van der Waals surface area contributed by atoms with Crippen LogP contribution >= 0.6 is 104 Å². The molecule has 6 aromatic carbocycles. The number of piperazine rings is 1. The van der Waals surface area contributed by atoms with E-state index in [0.717, 1.165) is 217 Å². The maximum Gasteiger partial charge on any atom is 0.286 e. The van der Waals surface area contributed by atoms with Crippen molar-refractivity contribution in [3.8, 4) is 90.4 Å². The number of likely N-dealkylation sites (tertiary alicyclic amines) is 1. The van der Waals surface area contributed by atoms with Crippen molar-refractivity contribution in [1.29, 1.82) is 5.26 Å². The molecule has 29 heteroatoms. The summed E-state index contributed by atoms with van der Waals surface area (Å²) in [4.78, 5) is 52.0. The number of hydrogen-bond donors (Lipinski definition) is 5. The molecular weight excluding hydrogens is 1800 g/mol. The third-order valence-electron chi connectivity index (χ3n) is 23.6. The summed E-state index contributed by atoms with van der Waals surface area (Å²) >= 11 is 43.7. The van der Waals surface area contributed by atoms with E-state index in [-0.39, 0.29) is 23.4 Å². The normalized spacial score (nSPS) is 16.5. The Morgan fingerprint density at radius 2 is 0.767 bits per heavy atom. The van der Waals surface area contributed by atoms with Gasteiger partial charge < -0.3 is 5.32 Å². The van der Waals surface area contributed by atoms with Crippen LogP contribution in [0.25, 0.3) is 48.8 Å². The average molecular weight is 1900 g/mol. The van der Waals surface area contributed by atoms with Crippen LogP contribution in [-0.4, -0.2) is 156 Å².